The van der Waals surface area contributed by atoms with Crippen molar-refractivity contribution in [2.75, 3.05) is 13.2 Å². The molecule has 198 valence electrons. The molecule has 0 radical (unpaired) electrons. The first-order chi connectivity index (χ1) is 16.2. The minimum atomic E-state index is -2.15. The molecule has 0 fully saturated rings. The highest BCUT2D eigenvalue weighted by atomic mass is 17.1. The second-order valence-electron chi connectivity index (χ2n) is 9.55. The van der Waals surface area contributed by atoms with E-state index < -0.39 is 54.4 Å². The number of carbonyl (C=O) groups is 1. The molecule has 3 atom stereocenters. The van der Waals surface area contributed by atoms with Gasteiger partial charge in [0.1, 0.15) is 5.60 Å². The fourth-order valence-corrected chi connectivity index (χ4v) is 4.38. The monoisotopic (exact) mass is 488 g/mol. The van der Waals surface area contributed by atoms with E-state index in [4.69, 9.17) is 9.47 Å². The summed E-state index contributed by atoms with van der Waals surface area (Å²) >= 11 is 0. The first kappa shape index (κ1) is 30.4. The number of esters is 1. The Morgan fingerprint density at radius 1 is 1.09 bits per heavy atom. The Bertz CT molecular complexity index is 661. The molecule has 5 N–H and O–H groups in total. The van der Waals surface area contributed by atoms with E-state index in [1.807, 2.05) is 0 Å². The van der Waals surface area contributed by atoms with E-state index in [0.29, 0.717) is 0 Å². The molecule has 34 heavy (non-hydrogen) atoms. The van der Waals surface area contributed by atoms with Crippen LogP contribution in [0.1, 0.15) is 91.4 Å². The minimum absolute atomic E-state index is 0.0522. The molecular formula is C25H44O9. The smallest absolute Gasteiger partial charge is 0.379 e. The van der Waals surface area contributed by atoms with Gasteiger partial charge in [-0.15, -0.1) is 0 Å². The lowest BCUT2D eigenvalue weighted by Crippen LogP contribution is -2.60. The fourth-order valence-electron chi connectivity index (χ4n) is 4.38. The number of ether oxygens (including phenoxy) is 2. The molecule has 1 aliphatic rings. The number of unbranched alkanes of at least 4 members (excludes halogenated alkanes) is 8. The highest BCUT2D eigenvalue weighted by Crippen LogP contribution is 2.47. The number of aliphatic hydroxyl groups is 4. The number of carbonyl (C=O) groups excluding carboxylic acids is 1. The summed E-state index contributed by atoms with van der Waals surface area (Å²) in [5, 5.41) is 50.3. The van der Waals surface area contributed by atoms with Crippen LogP contribution in [0.15, 0.2) is 23.9 Å². The molecule has 0 aromatic heterocycles. The molecule has 9 heteroatoms. The van der Waals surface area contributed by atoms with Crippen molar-refractivity contribution in [2.45, 2.75) is 109 Å². The lowest BCUT2D eigenvalue weighted by atomic mass is 9.73. The summed E-state index contributed by atoms with van der Waals surface area (Å²) in [5.41, 5.74) is -4.27. The predicted molar refractivity (Wildman–Crippen MR) is 126 cm³/mol. The molecule has 0 aromatic carbocycles. The maximum absolute atomic E-state index is 12.6. The number of aliphatic hydroxyl groups excluding tert-OH is 3. The van der Waals surface area contributed by atoms with Crippen LogP contribution in [-0.4, -0.2) is 62.2 Å². The highest BCUT2D eigenvalue weighted by Gasteiger charge is 2.64. The van der Waals surface area contributed by atoms with Crippen molar-refractivity contribution in [3.8, 4) is 0 Å². The third-order valence-electron chi connectivity index (χ3n) is 6.12. The van der Waals surface area contributed by atoms with Crippen LogP contribution in [0.25, 0.3) is 0 Å². The zero-order chi connectivity index (χ0) is 25.6. The Labute approximate surface area is 203 Å². The van der Waals surface area contributed by atoms with Gasteiger partial charge in [-0.1, -0.05) is 65.7 Å². The van der Waals surface area contributed by atoms with Gasteiger partial charge in [0, 0.05) is 6.42 Å². The van der Waals surface area contributed by atoms with Gasteiger partial charge in [-0.2, -0.15) is 0 Å². The average Bonchev–Trinajstić information content (AvgIpc) is 3.08. The quantitative estimate of drug-likeness (QED) is 0.0605. The van der Waals surface area contributed by atoms with E-state index >= 15 is 0 Å². The van der Waals surface area contributed by atoms with E-state index in [-0.39, 0.29) is 12.3 Å². The Balaban J connectivity index is 2.91. The van der Waals surface area contributed by atoms with Gasteiger partial charge in [0.15, 0.2) is 0 Å². The van der Waals surface area contributed by atoms with Gasteiger partial charge in [0.05, 0.1) is 25.6 Å². The maximum atomic E-state index is 12.6. The molecule has 9 nitrogen and oxygen atoms in total. The van der Waals surface area contributed by atoms with E-state index in [2.05, 4.69) is 11.8 Å². The van der Waals surface area contributed by atoms with Crippen LogP contribution >= 0.6 is 0 Å². The number of cyclic esters (lactones) is 1. The summed E-state index contributed by atoms with van der Waals surface area (Å²) < 4.78 is 10.8. The van der Waals surface area contributed by atoms with Crippen molar-refractivity contribution in [3.63, 3.8) is 0 Å². The molecule has 0 bridgehead atoms. The Morgan fingerprint density at radius 3 is 2.24 bits per heavy atom. The predicted octanol–water partition coefficient (Wildman–Crippen LogP) is 3.56. The van der Waals surface area contributed by atoms with Crippen molar-refractivity contribution >= 4 is 5.97 Å². The SMILES string of the molecule is CCCCCCCCCCC=COC1=C(OO)[C@@](CC(O)CO)([C@@](O)(CO)CC(C)C)OC1=O. The lowest BCUT2D eigenvalue weighted by Gasteiger charge is -2.43. The molecule has 1 heterocycles. The van der Waals surface area contributed by atoms with E-state index in [1.165, 1.54) is 44.8 Å². The summed E-state index contributed by atoms with van der Waals surface area (Å²) in [4.78, 5) is 17.1. The number of allylic oxidation sites excluding steroid dienone is 1. The maximum Gasteiger partial charge on any atom is 0.379 e. The number of rotatable bonds is 19. The van der Waals surface area contributed by atoms with Gasteiger partial charge in [-0.25, -0.2) is 10.1 Å². The Morgan fingerprint density at radius 2 is 1.71 bits per heavy atom. The van der Waals surface area contributed by atoms with Gasteiger partial charge < -0.3 is 34.8 Å². The van der Waals surface area contributed by atoms with E-state index in [9.17, 15) is 30.5 Å². The summed E-state index contributed by atoms with van der Waals surface area (Å²) in [7, 11) is 0. The second kappa shape index (κ2) is 15.4. The molecule has 0 saturated heterocycles. The summed E-state index contributed by atoms with van der Waals surface area (Å²) in [6.07, 6.45) is 11.3. The fraction of sp³-hybridized carbons (Fsp3) is 0.800. The topological polar surface area (TPSA) is 146 Å². The summed E-state index contributed by atoms with van der Waals surface area (Å²) in [5.74, 6) is -2.23. The standard InChI is InChI=1S/C25H44O9/c1-4-5-6-7-8-9-10-11-12-13-14-32-21-22(34-31)25(33-23(21)29,16-20(28)17-26)24(30,18-27)15-19(2)3/h13-14,19-20,26-28,30-31H,4-12,15-18H2,1-3H3/t20?,24-,25-/m0/s1. The van der Waals surface area contributed by atoms with Crippen LogP contribution in [0, 0.1) is 5.92 Å². The molecule has 0 saturated carbocycles. The van der Waals surface area contributed by atoms with Crippen molar-refractivity contribution in [3.05, 3.63) is 23.9 Å². The Kier molecular flexibility index (Phi) is 13.7. The molecule has 0 aromatic rings. The number of hydrogen-bond acceptors (Lipinski definition) is 9. The molecule has 1 rings (SSSR count). The van der Waals surface area contributed by atoms with Crippen LogP contribution in [-0.2, 0) is 19.2 Å². The molecule has 1 aliphatic heterocycles. The van der Waals surface area contributed by atoms with Crippen molar-refractivity contribution < 1.29 is 44.8 Å². The minimum Gasteiger partial charge on any atom is -0.454 e. The van der Waals surface area contributed by atoms with Crippen molar-refractivity contribution in [2.24, 2.45) is 5.92 Å². The van der Waals surface area contributed by atoms with Gasteiger partial charge in [0.25, 0.3) is 5.76 Å². The van der Waals surface area contributed by atoms with E-state index in [0.717, 1.165) is 19.3 Å². The van der Waals surface area contributed by atoms with Crippen LogP contribution in [0.3, 0.4) is 0 Å². The summed E-state index contributed by atoms with van der Waals surface area (Å²) in [6.45, 7) is 4.20. The Hall–Kier alpha value is -1.65. The van der Waals surface area contributed by atoms with Gasteiger partial charge in [-0.3, -0.25) is 0 Å². The largest absolute Gasteiger partial charge is 0.454 e. The first-order valence-corrected chi connectivity index (χ1v) is 12.4. The lowest BCUT2D eigenvalue weighted by molar-refractivity contribution is -0.263. The zero-order valence-corrected chi connectivity index (χ0v) is 20.9. The summed E-state index contributed by atoms with van der Waals surface area (Å²) in [6, 6.07) is 0. The van der Waals surface area contributed by atoms with Gasteiger partial charge >= 0.3 is 5.97 Å². The van der Waals surface area contributed by atoms with Crippen LogP contribution in [0.4, 0.5) is 0 Å². The molecule has 0 spiro atoms. The second-order valence-corrected chi connectivity index (χ2v) is 9.55. The third-order valence-corrected chi connectivity index (χ3v) is 6.12. The van der Waals surface area contributed by atoms with Crippen LogP contribution in [0.5, 0.6) is 0 Å². The molecular weight excluding hydrogens is 444 g/mol. The van der Waals surface area contributed by atoms with Crippen molar-refractivity contribution in [1.82, 2.24) is 0 Å². The van der Waals surface area contributed by atoms with E-state index in [1.54, 1.807) is 19.9 Å². The molecule has 1 unspecified atom stereocenters. The third kappa shape index (κ3) is 8.23. The van der Waals surface area contributed by atoms with Crippen LogP contribution in [0.2, 0.25) is 0 Å². The molecule has 0 aliphatic carbocycles. The van der Waals surface area contributed by atoms with Crippen LogP contribution < -0.4 is 0 Å². The normalized spacial score (nSPS) is 21.3. The zero-order valence-electron chi connectivity index (χ0n) is 20.9. The molecule has 0 amide bonds. The van der Waals surface area contributed by atoms with Crippen molar-refractivity contribution in [1.29, 1.82) is 0 Å². The highest BCUT2D eigenvalue weighted by molar-refractivity contribution is 5.91. The first-order valence-electron chi connectivity index (χ1n) is 12.4. The van der Waals surface area contributed by atoms with Gasteiger partial charge in [0.2, 0.25) is 11.4 Å². The van der Waals surface area contributed by atoms with Gasteiger partial charge in [-0.05, 0) is 31.3 Å². The number of hydrogen-bond donors (Lipinski definition) is 5. The average molecular weight is 489 g/mol.